The van der Waals surface area contributed by atoms with Crippen molar-refractivity contribution < 1.29 is 19.1 Å². The van der Waals surface area contributed by atoms with Gasteiger partial charge in [-0.25, -0.2) is 14.6 Å². The maximum absolute atomic E-state index is 12.3. The number of hydrogen-bond acceptors (Lipinski definition) is 5. The second-order valence-corrected chi connectivity index (χ2v) is 8.75. The Morgan fingerprint density at radius 2 is 1.63 bits per heavy atom. The maximum atomic E-state index is 12.3. The van der Waals surface area contributed by atoms with Crippen molar-refractivity contribution in [1.29, 1.82) is 0 Å². The second-order valence-electron chi connectivity index (χ2n) is 8.75. The largest absolute Gasteiger partial charge is 0.462 e. The predicted molar refractivity (Wildman–Crippen MR) is 133 cm³/mol. The van der Waals surface area contributed by atoms with E-state index in [1.54, 1.807) is 11.8 Å². The van der Waals surface area contributed by atoms with E-state index in [9.17, 15) is 9.59 Å². The molecule has 35 heavy (non-hydrogen) atoms. The number of amides is 1. The molecule has 0 radical (unpaired) electrons. The summed E-state index contributed by atoms with van der Waals surface area (Å²) in [4.78, 5) is 30.9. The zero-order valence-corrected chi connectivity index (χ0v) is 20.5. The Labute approximate surface area is 206 Å². The SMILES string of the molecule is CCOC(=O)c1ccc(CCn2ccnc2C2(c3ccccc3)CCN(C(=O)OCC)CC2)cc1. The zero-order chi connectivity index (χ0) is 24.7. The van der Waals surface area contributed by atoms with Crippen molar-refractivity contribution in [2.24, 2.45) is 0 Å². The summed E-state index contributed by atoms with van der Waals surface area (Å²) in [6.07, 6.45) is 6.02. The van der Waals surface area contributed by atoms with Crippen molar-refractivity contribution in [2.45, 2.75) is 45.1 Å². The van der Waals surface area contributed by atoms with Gasteiger partial charge in [-0.15, -0.1) is 0 Å². The third kappa shape index (κ3) is 5.39. The van der Waals surface area contributed by atoms with Crippen molar-refractivity contribution in [2.75, 3.05) is 26.3 Å². The first-order valence-electron chi connectivity index (χ1n) is 12.3. The van der Waals surface area contributed by atoms with Crippen LogP contribution in [0.2, 0.25) is 0 Å². The Balaban J connectivity index is 1.53. The number of aromatic nitrogens is 2. The summed E-state index contributed by atoms with van der Waals surface area (Å²) in [5.41, 5.74) is 2.65. The van der Waals surface area contributed by atoms with Crippen LogP contribution < -0.4 is 0 Å². The minimum atomic E-state index is -0.296. The summed E-state index contributed by atoms with van der Waals surface area (Å²) in [6.45, 7) is 6.39. The average Bonchev–Trinajstić information content (AvgIpc) is 3.38. The average molecular weight is 476 g/mol. The maximum Gasteiger partial charge on any atom is 0.409 e. The van der Waals surface area contributed by atoms with Crippen molar-refractivity contribution in [3.63, 3.8) is 0 Å². The number of likely N-dealkylation sites (tertiary alicyclic amines) is 1. The topological polar surface area (TPSA) is 73.7 Å². The quantitative estimate of drug-likeness (QED) is 0.436. The molecule has 0 spiro atoms. The molecule has 1 amide bonds. The molecule has 2 aromatic carbocycles. The highest BCUT2D eigenvalue weighted by atomic mass is 16.6. The molecule has 7 nitrogen and oxygen atoms in total. The fraction of sp³-hybridized carbons (Fsp3) is 0.393. The van der Waals surface area contributed by atoms with Crippen molar-refractivity contribution in [3.8, 4) is 0 Å². The summed E-state index contributed by atoms with van der Waals surface area (Å²) >= 11 is 0. The summed E-state index contributed by atoms with van der Waals surface area (Å²) in [5, 5.41) is 0. The first-order valence-corrected chi connectivity index (χ1v) is 12.3. The van der Waals surface area contributed by atoms with Crippen LogP contribution in [0.25, 0.3) is 0 Å². The Kier molecular flexibility index (Phi) is 7.85. The zero-order valence-electron chi connectivity index (χ0n) is 20.5. The van der Waals surface area contributed by atoms with E-state index in [0.29, 0.717) is 31.9 Å². The van der Waals surface area contributed by atoms with E-state index in [1.165, 1.54) is 5.56 Å². The number of benzene rings is 2. The molecule has 0 atom stereocenters. The van der Waals surface area contributed by atoms with Crippen LogP contribution in [0.1, 0.15) is 54.0 Å². The molecule has 0 unspecified atom stereocenters. The minimum Gasteiger partial charge on any atom is -0.462 e. The first-order chi connectivity index (χ1) is 17.1. The molecule has 0 aliphatic carbocycles. The van der Waals surface area contributed by atoms with E-state index < -0.39 is 0 Å². The molecule has 184 valence electrons. The predicted octanol–water partition coefficient (Wildman–Crippen LogP) is 4.84. The molecule has 1 saturated heterocycles. The van der Waals surface area contributed by atoms with Crippen molar-refractivity contribution >= 4 is 12.1 Å². The van der Waals surface area contributed by atoms with E-state index in [4.69, 9.17) is 14.5 Å². The number of esters is 1. The molecule has 1 aliphatic heterocycles. The van der Waals surface area contributed by atoms with Gasteiger partial charge < -0.3 is 18.9 Å². The number of ether oxygens (including phenoxy) is 2. The number of hydrogen-bond donors (Lipinski definition) is 0. The van der Waals surface area contributed by atoms with E-state index in [1.807, 2.05) is 49.6 Å². The highest BCUT2D eigenvalue weighted by Gasteiger charge is 2.42. The number of piperidine rings is 1. The summed E-state index contributed by atoms with van der Waals surface area (Å²) < 4.78 is 12.5. The van der Waals surface area contributed by atoms with Crippen LogP contribution in [-0.4, -0.2) is 52.8 Å². The number of imidazole rings is 1. The Hall–Kier alpha value is -3.61. The van der Waals surface area contributed by atoms with Crippen molar-refractivity contribution in [1.82, 2.24) is 14.5 Å². The van der Waals surface area contributed by atoms with Gasteiger partial charge in [0.15, 0.2) is 0 Å². The summed E-state index contributed by atoms with van der Waals surface area (Å²) in [5.74, 6) is 0.727. The third-order valence-electron chi connectivity index (χ3n) is 6.72. The van der Waals surface area contributed by atoms with Crippen LogP contribution in [-0.2, 0) is 27.9 Å². The Morgan fingerprint density at radius 1 is 0.943 bits per heavy atom. The molecule has 1 fully saturated rings. The molecular weight excluding hydrogens is 442 g/mol. The molecular formula is C28H33N3O4. The molecule has 0 saturated carbocycles. The van der Waals surface area contributed by atoms with Crippen LogP contribution in [0, 0.1) is 0 Å². The number of rotatable bonds is 8. The minimum absolute atomic E-state index is 0.247. The number of carbonyl (C=O) groups is 2. The Morgan fingerprint density at radius 3 is 2.29 bits per heavy atom. The van der Waals surface area contributed by atoms with Gasteiger partial charge in [0, 0.05) is 32.0 Å². The summed E-state index contributed by atoms with van der Waals surface area (Å²) in [6, 6.07) is 18.1. The van der Waals surface area contributed by atoms with Crippen LogP contribution in [0.5, 0.6) is 0 Å². The van der Waals surface area contributed by atoms with Gasteiger partial charge in [-0.05, 0) is 56.4 Å². The molecule has 1 aromatic heterocycles. The van der Waals surface area contributed by atoms with Gasteiger partial charge in [0.05, 0.1) is 24.2 Å². The van der Waals surface area contributed by atoms with Gasteiger partial charge >= 0.3 is 12.1 Å². The van der Waals surface area contributed by atoms with Gasteiger partial charge in [0.2, 0.25) is 0 Å². The molecule has 2 heterocycles. The fourth-order valence-corrected chi connectivity index (χ4v) is 4.86. The molecule has 3 aromatic rings. The monoisotopic (exact) mass is 475 g/mol. The van der Waals surface area contributed by atoms with Crippen molar-refractivity contribution in [3.05, 3.63) is 89.5 Å². The first kappa shape index (κ1) is 24.5. The van der Waals surface area contributed by atoms with Gasteiger partial charge in [0.1, 0.15) is 5.82 Å². The highest BCUT2D eigenvalue weighted by Crippen LogP contribution is 2.41. The smallest absolute Gasteiger partial charge is 0.409 e. The standard InChI is InChI=1S/C28H33N3O4/c1-3-34-25(32)23-12-10-22(11-13-23)14-18-30-21-17-29-26(30)28(24-8-6-5-7-9-24)15-19-31(20-16-28)27(33)35-4-2/h5-13,17,21H,3-4,14-16,18-20H2,1-2H3. The van der Waals surface area contributed by atoms with Gasteiger partial charge in [-0.3, -0.25) is 0 Å². The lowest BCUT2D eigenvalue weighted by Crippen LogP contribution is -2.47. The van der Waals surface area contributed by atoms with E-state index in [2.05, 4.69) is 28.8 Å². The van der Waals surface area contributed by atoms with Gasteiger partial charge in [-0.2, -0.15) is 0 Å². The number of nitrogens with zero attached hydrogens (tertiary/aromatic N) is 3. The number of aryl methyl sites for hydroxylation is 2. The van der Waals surface area contributed by atoms with E-state index in [0.717, 1.165) is 37.2 Å². The molecule has 1 aliphatic rings. The normalized spacial score (nSPS) is 15.0. The van der Waals surface area contributed by atoms with Crippen LogP contribution >= 0.6 is 0 Å². The molecule has 0 bridgehead atoms. The molecule has 7 heteroatoms. The Bertz CT molecular complexity index is 1120. The lowest BCUT2D eigenvalue weighted by atomic mass is 9.72. The third-order valence-corrected chi connectivity index (χ3v) is 6.72. The second kappa shape index (κ2) is 11.2. The molecule has 4 rings (SSSR count). The van der Waals surface area contributed by atoms with Crippen LogP contribution in [0.3, 0.4) is 0 Å². The van der Waals surface area contributed by atoms with E-state index >= 15 is 0 Å². The number of carbonyl (C=O) groups excluding carboxylic acids is 2. The lowest BCUT2D eigenvalue weighted by molar-refractivity contribution is 0.0526. The van der Waals surface area contributed by atoms with Gasteiger partial charge in [0.25, 0.3) is 0 Å². The van der Waals surface area contributed by atoms with Gasteiger partial charge in [-0.1, -0.05) is 42.5 Å². The summed E-state index contributed by atoms with van der Waals surface area (Å²) in [7, 11) is 0. The van der Waals surface area contributed by atoms with Crippen LogP contribution in [0.4, 0.5) is 4.79 Å². The highest BCUT2D eigenvalue weighted by molar-refractivity contribution is 5.89. The van der Waals surface area contributed by atoms with E-state index in [-0.39, 0.29) is 17.5 Å². The van der Waals surface area contributed by atoms with Crippen LogP contribution in [0.15, 0.2) is 67.0 Å². The fourth-order valence-electron chi connectivity index (χ4n) is 4.86. The lowest BCUT2D eigenvalue weighted by Gasteiger charge is -2.41. The molecule has 0 N–H and O–H groups in total.